The minimum absolute atomic E-state index is 0. The molecule has 1 aromatic carbocycles. The van der Waals surface area contributed by atoms with Crippen LogP contribution in [-0.4, -0.2) is 38.1 Å². The molecule has 0 saturated heterocycles. The Balaban J connectivity index is 0.0000314. The van der Waals surface area contributed by atoms with Crippen molar-refractivity contribution in [2.75, 3.05) is 13.2 Å². The predicted molar refractivity (Wildman–Crippen MR) is 232 cm³/mol. The smallest absolute Gasteiger partial charge is 0.744 e. The molecule has 0 N–H and O–H groups in total. The molecule has 0 fully saturated rings. The fraction of sp³-hybridized carbons (Fsp3) is 0.750. The van der Waals surface area contributed by atoms with Gasteiger partial charge >= 0.3 is 41.5 Å². The van der Waals surface area contributed by atoms with Crippen LogP contribution in [0.25, 0.3) is 0 Å². The number of carbonyl (C=O) groups excluding carboxylic acids is 2. The van der Waals surface area contributed by atoms with E-state index in [2.05, 4.69) is 38.2 Å². The normalized spacial score (nSPS) is 11.7. The molecule has 1 rings (SSSR count). The molecular formula is C48H81NaO7S. The van der Waals surface area contributed by atoms with Gasteiger partial charge in [-0.2, -0.15) is 0 Å². The van der Waals surface area contributed by atoms with Crippen molar-refractivity contribution in [3.8, 4) is 0 Å². The van der Waals surface area contributed by atoms with Crippen molar-refractivity contribution in [1.82, 2.24) is 0 Å². The average Bonchev–Trinajstić information content (AvgIpc) is 3.18. The number of unbranched alkanes of at least 4 members (excludes halogenated alkanes) is 28. The maximum absolute atomic E-state index is 12.9. The zero-order chi connectivity index (χ0) is 40.8. The molecule has 0 heterocycles. The van der Waals surface area contributed by atoms with Crippen molar-refractivity contribution < 1.29 is 61.6 Å². The first-order valence-electron chi connectivity index (χ1n) is 23.0. The number of benzene rings is 1. The first kappa shape index (κ1) is 55.5. The summed E-state index contributed by atoms with van der Waals surface area (Å²) in [4.78, 5) is 25.2. The summed E-state index contributed by atoms with van der Waals surface area (Å²) in [6, 6.07) is 3.10. The third-order valence-corrected chi connectivity index (χ3v) is 11.3. The summed E-state index contributed by atoms with van der Waals surface area (Å²) in [6.07, 6.45) is 48.1. The third kappa shape index (κ3) is 33.0. The molecule has 0 bridgehead atoms. The van der Waals surface area contributed by atoms with Crippen LogP contribution in [0.3, 0.4) is 0 Å². The Kier molecular flexibility index (Phi) is 39.0. The molecular weight excluding hydrogens is 744 g/mol. The maximum Gasteiger partial charge on any atom is 1.00 e. The minimum atomic E-state index is -4.83. The van der Waals surface area contributed by atoms with Crippen LogP contribution in [-0.2, 0) is 19.6 Å². The Hall–Kier alpha value is -1.45. The van der Waals surface area contributed by atoms with Gasteiger partial charge in [0.25, 0.3) is 0 Å². The van der Waals surface area contributed by atoms with E-state index >= 15 is 0 Å². The summed E-state index contributed by atoms with van der Waals surface area (Å²) < 4.78 is 45.8. The van der Waals surface area contributed by atoms with Crippen molar-refractivity contribution in [2.24, 2.45) is 0 Å². The average molecular weight is 825 g/mol. The van der Waals surface area contributed by atoms with Crippen LogP contribution in [0, 0.1) is 0 Å². The van der Waals surface area contributed by atoms with Crippen molar-refractivity contribution in [2.45, 2.75) is 224 Å². The Bertz CT molecular complexity index is 1280. The zero-order valence-electron chi connectivity index (χ0n) is 36.8. The SMILES string of the molecule is CCCCCCCCCCCCCC/C=C/CCCCOC(=O)c1ccc(S(=O)(=O)[O-])cc1C(=O)OCCCC/C=C/CCCCCCCCCCCCCC.[Na+]. The predicted octanol–water partition coefficient (Wildman–Crippen LogP) is 11.5. The van der Waals surface area contributed by atoms with E-state index in [4.69, 9.17) is 9.47 Å². The van der Waals surface area contributed by atoms with Gasteiger partial charge in [0.2, 0.25) is 0 Å². The molecule has 9 heteroatoms. The van der Waals surface area contributed by atoms with E-state index in [0.29, 0.717) is 12.8 Å². The number of ether oxygens (including phenoxy) is 2. The second-order valence-electron chi connectivity index (χ2n) is 15.7. The van der Waals surface area contributed by atoms with E-state index in [1.165, 1.54) is 154 Å². The molecule has 57 heavy (non-hydrogen) atoms. The summed E-state index contributed by atoms with van der Waals surface area (Å²) >= 11 is 0. The topological polar surface area (TPSA) is 110 Å². The second-order valence-corrected chi connectivity index (χ2v) is 17.1. The van der Waals surface area contributed by atoms with Gasteiger partial charge in [-0.05, 0) is 82.4 Å². The number of carbonyl (C=O) groups is 2. The van der Waals surface area contributed by atoms with Crippen molar-refractivity contribution in [3.05, 3.63) is 53.6 Å². The number of hydrogen-bond acceptors (Lipinski definition) is 7. The quantitative estimate of drug-likeness (QED) is 0.0214. The molecule has 0 radical (unpaired) electrons. The van der Waals surface area contributed by atoms with E-state index in [0.717, 1.165) is 56.7 Å². The standard InChI is InChI=1S/C48H82O7S.Na/c1-3-5-7-9-11-13-15-17-19-21-23-25-27-29-31-33-35-37-41-54-47(49)45-40-39-44(56(51,52)53)43-46(45)48(50)55-42-38-36-34-32-30-28-26-24-22-20-18-16-14-12-10-8-6-4-2;/h29-32,39-40,43H,3-28,33-38,41-42H2,1-2H3,(H,51,52,53);/q;+1/p-1/b31-29+,32-30+;. The van der Waals surface area contributed by atoms with Crippen LogP contribution in [0.4, 0.5) is 0 Å². The summed E-state index contributed by atoms with van der Waals surface area (Å²) in [5.41, 5.74) is -0.375. The van der Waals surface area contributed by atoms with Crippen molar-refractivity contribution in [3.63, 3.8) is 0 Å². The van der Waals surface area contributed by atoms with Gasteiger partial charge in [0.1, 0.15) is 10.1 Å². The van der Waals surface area contributed by atoms with E-state index < -0.39 is 27.0 Å². The molecule has 0 aliphatic carbocycles. The van der Waals surface area contributed by atoms with E-state index in [1.807, 2.05) is 0 Å². The Labute approximate surface area is 372 Å². The van der Waals surface area contributed by atoms with Crippen LogP contribution in [0.5, 0.6) is 0 Å². The van der Waals surface area contributed by atoms with E-state index in [9.17, 15) is 22.6 Å². The molecule has 0 amide bonds. The molecule has 0 spiro atoms. The van der Waals surface area contributed by atoms with Gasteiger partial charge in [-0.15, -0.1) is 0 Å². The van der Waals surface area contributed by atoms with Crippen LogP contribution in [0.15, 0.2) is 47.4 Å². The number of hydrogen-bond donors (Lipinski definition) is 0. The molecule has 322 valence electrons. The fourth-order valence-corrected chi connectivity index (χ4v) is 7.41. The zero-order valence-corrected chi connectivity index (χ0v) is 39.7. The molecule has 0 aliphatic heterocycles. The molecule has 7 nitrogen and oxygen atoms in total. The monoisotopic (exact) mass is 825 g/mol. The van der Waals surface area contributed by atoms with Gasteiger partial charge in [0.15, 0.2) is 0 Å². The fourth-order valence-electron chi connectivity index (χ4n) is 6.92. The number of allylic oxidation sites excluding steroid dienone is 4. The van der Waals surface area contributed by atoms with Gasteiger partial charge in [-0.3, -0.25) is 0 Å². The number of rotatable bonds is 39. The van der Waals surface area contributed by atoms with Crippen molar-refractivity contribution in [1.29, 1.82) is 0 Å². The molecule has 0 saturated carbocycles. The second kappa shape index (κ2) is 40.0. The minimum Gasteiger partial charge on any atom is -0.744 e. The molecule has 0 aliphatic rings. The van der Waals surface area contributed by atoms with Crippen LogP contribution in [0.2, 0.25) is 0 Å². The van der Waals surface area contributed by atoms with E-state index in [-0.39, 0.29) is 53.9 Å². The van der Waals surface area contributed by atoms with Gasteiger partial charge in [0.05, 0.1) is 29.2 Å². The summed E-state index contributed by atoms with van der Waals surface area (Å²) in [7, 11) is -4.83. The van der Waals surface area contributed by atoms with Crippen LogP contribution in [0.1, 0.15) is 240 Å². The largest absolute Gasteiger partial charge is 1.00 e. The van der Waals surface area contributed by atoms with Gasteiger partial charge in [0, 0.05) is 0 Å². The van der Waals surface area contributed by atoms with Gasteiger partial charge in [-0.25, -0.2) is 18.0 Å². The van der Waals surface area contributed by atoms with Gasteiger partial charge in [-0.1, -0.05) is 179 Å². The van der Waals surface area contributed by atoms with Crippen LogP contribution >= 0.6 is 0 Å². The Morgan fingerprint density at radius 3 is 1.11 bits per heavy atom. The molecule has 0 atom stereocenters. The first-order valence-corrected chi connectivity index (χ1v) is 24.5. The maximum atomic E-state index is 12.9. The molecule has 0 aromatic heterocycles. The summed E-state index contributed by atoms with van der Waals surface area (Å²) in [5, 5.41) is 0. The summed E-state index contributed by atoms with van der Waals surface area (Å²) in [6.45, 7) is 4.83. The van der Waals surface area contributed by atoms with Crippen LogP contribution < -0.4 is 29.6 Å². The van der Waals surface area contributed by atoms with Crippen molar-refractivity contribution >= 4 is 22.1 Å². The van der Waals surface area contributed by atoms with Gasteiger partial charge < -0.3 is 14.0 Å². The first-order chi connectivity index (χ1) is 27.3. The third-order valence-electron chi connectivity index (χ3n) is 10.5. The molecule has 1 aromatic rings. The number of esters is 2. The summed E-state index contributed by atoms with van der Waals surface area (Å²) in [5.74, 6) is -1.59. The Morgan fingerprint density at radius 2 is 0.772 bits per heavy atom. The Morgan fingerprint density at radius 1 is 0.474 bits per heavy atom. The molecule has 0 unspecified atom stereocenters. The van der Waals surface area contributed by atoms with E-state index in [1.54, 1.807) is 0 Å².